The average molecular weight is 213 g/mol. The van der Waals surface area contributed by atoms with Crippen molar-refractivity contribution in [2.75, 3.05) is 19.7 Å². The third kappa shape index (κ3) is 2.95. The Morgan fingerprint density at radius 2 is 2.27 bits per heavy atom. The van der Waals surface area contributed by atoms with Crippen LogP contribution < -0.4 is 5.69 Å². The fourth-order valence-corrected chi connectivity index (χ4v) is 1.32. The smallest absolute Gasteiger partial charge is 0.323 e. The number of aromatic amines is 2. The zero-order valence-electron chi connectivity index (χ0n) is 8.62. The number of imidazole rings is 1. The van der Waals surface area contributed by atoms with E-state index < -0.39 is 5.69 Å². The molecule has 1 amide bonds. The molecule has 0 aliphatic rings. The zero-order valence-corrected chi connectivity index (χ0v) is 8.62. The third-order valence-electron chi connectivity index (χ3n) is 1.98. The lowest BCUT2D eigenvalue weighted by Crippen LogP contribution is -2.34. The van der Waals surface area contributed by atoms with Gasteiger partial charge in [0, 0.05) is 19.3 Å². The summed E-state index contributed by atoms with van der Waals surface area (Å²) in [4.78, 5) is 28.8. The molecule has 6 heteroatoms. The number of aliphatic hydroxyl groups is 1. The maximum atomic E-state index is 11.8. The van der Waals surface area contributed by atoms with Crippen molar-refractivity contribution in [1.82, 2.24) is 14.9 Å². The molecule has 6 nitrogen and oxygen atoms in total. The van der Waals surface area contributed by atoms with Gasteiger partial charge in [-0.1, -0.05) is 6.92 Å². The van der Waals surface area contributed by atoms with Crippen LogP contribution in [-0.4, -0.2) is 45.6 Å². The summed E-state index contributed by atoms with van der Waals surface area (Å²) in [6.45, 7) is 2.70. The van der Waals surface area contributed by atoms with Crippen molar-refractivity contribution in [3.63, 3.8) is 0 Å². The number of nitrogens with zero attached hydrogens (tertiary/aromatic N) is 1. The van der Waals surface area contributed by atoms with Crippen LogP contribution in [0.3, 0.4) is 0 Å². The van der Waals surface area contributed by atoms with Gasteiger partial charge in [-0.25, -0.2) is 4.79 Å². The summed E-state index contributed by atoms with van der Waals surface area (Å²) >= 11 is 0. The Morgan fingerprint density at radius 1 is 1.53 bits per heavy atom. The second-order valence-electron chi connectivity index (χ2n) is 3.17. The molecule has 3 N–H and O–H groups in total. The molecule has 0 unspecified atom stereocenters. The Balaban J connectivity index is 2.75. The Morgan fingerprint density at radius 3 is 2.73 bits per heavy atom. The second-order valence-corrected chi connectivity index (χ2v) is 3.17. The van der Waals surface area contributed by atoms with Gasteiger partial charge in [0.25, 0.3) is 5.91 Å². The van der Waals surface area contributed by atoms with Crippen LogP contribution in [0.25, 0.3) is 0 Å². The number of carbonyl (C=O) groups is 1. The number of hydrogen-bond acceptors (Lipinski definition) is 3. The minimum absolute atomic E-state index is 0.0829. The summed E-state index contributed by atoms with van der Waals surface area (Å²) < 4.78 is 0. The number of amides is 1. The maximum absolute atomic E-state index is 11.8. The van der Waals surface area contributed by atoms with Crippen LogP contribution in [0.4, 0.5) is 0 Å². The van der Waals surface area contributed by atoms with Gasteiger partial charge in [0.05, 0.1) is 6.61 Å². The zero-order chi connectivity index (χ0) is 11.3. The Labute approximate surface area is 86.9 Å². The predicted octanol–water partition coefficient (Wildman–Crippen LogP) is -0.453. The van der Waals surface area contributed by atoms with E-state index in [2.05, 4.69) is 9.97 Å². The van der Waals surface area contributed by atoms with Crippen molar-refractivity contribution in [3.05, 3.63) is 22.4 Å². The Bertz CT molecular complexity index is 363. The third-order valence-corrected chi connectivity index (χ3v) is 1.98. The molecule has 0 spiro atoms. The minimum atomic E-state index is -0.404. The van der Waals surface area contributed by atoms with Crippen LogP contribution >= 0.6 is 0 Å². The van der Waals surface area contributed by atoms with Crippen molar-refractivity contribution >= 4 is 5.91 Å². The van der Waals surface area contributed by atoms with Crippen LogP contribution in [0.15, 0.2) is 11.0 Å². The van der Waals surface area contributed by atoms with E-state index in [1.165, 1.54) is 11.1 Å². The van der Waals surface area contributed by atoms with E-state index >= 15 is 0 Å². The molecule has 0 fully saturated rings. The molecular formula is C9H15N3O3. The van der Waals surface area contributed by atoms with Gasteiger partial charge in [-0.05, 0) is 6.42 Å². The SMILES string of the molecule is CCCN(CCO)C(=O)c1c[nH]c(=O)[nH]1. The minimum Gasteiger partial charge on any atom is -0.395 e. The molecule has 1 aromatic heterocycles. The normalized spacial score (nSPS) is 10.3. The number of carbonyl (C=O) groups excluding carboxylic acids is 1. The first-order valence-corrected chi connectivity index (χ1v) is 4.86. The molecule has 1 heterocycles. The van der Waals surface area contributed by atoms with Gasteiger partial charge < -0.3 is 20.0 Å². The fraction of sp³-hybridized carbons (Fsp3) is 0.556. The average Bonchev–Trinajstić information content (AvgIpc) is 2.63. The predicted molar refractivity (Wildman–Crippen MR) is 54.7 cm³/mol. The van der Waals surface area contributed by atoms with Crippen LogP contribution in [0.2, 0.25) is 0 Å². The topological polar surface area (TPSA) is 89.2 Å². The monoisotopic (exact) mass is 213 g/mol. The van der Waals surface area contributed by atoms with Crippen LogP contribution in [0, 0.1) is 0 Å². The molecule has 0 aliphatic carbocycles. The molecular weight excluding hydrogens is 198 g/mol. The standard InChI is InChI=1S/C9H15N3O3/c1-2-3-12(4-5-13)8(14)7-6-10-9(15)11-7/h6,13H,2-5H2,1H3,(H2,10,11,15). The molecule has 0 saturated heterocycles. The largest absolute Gasteiger partial charge is 0.395 e. The van der Waals surface area contributed by atoms with Crippen molar-refractivity contribution < 1.29 is 9.90 Å². The summed E-state index contributed by atoms with van der Waals surface area (Å²) in [5, 5.41) is 8.79. The first-order chi connectivity index (χ1) is 7.19. The summed E-state index contributed by atoms with van der Waals surface area (Å²) in [5.74, 6) is -0.274. The van der Waals surface area contributed by atoms with Gasteiger partial charge in [-0.3, -0.25) is 4.79 Å². The van der Waals surface area contributed by atoms with E-state index in [0.29, 0.717) is 6.54 Å². The highest BCUT2D eigenvalue weighted by Gasteiger charge is 2.15. The molecule has 0 bridgehead atoms. The molecule has 0 saturated carbocycles. The van der Waals surface area contributed by atoms with Crippen LogP contribution in [-0.2, 0) is 0 Å². The van der Waals surface area contributed by atoms with Gasteiger partial charge in [-0.2, -0.15) is 0 Å². The van der Waals surface area contributed by atoms with Gasteiger partial charge in [0.2, 0.25) is 0 Å². The fourth-order valence-electron chi connectivity index (χ4n) is 1.32. The summed E-state index contributed by atoms with van der Waals surface area (Å²) in [5.41, 5.74) is -0.180. The van der Waals surface area contributed by atoms with E-state index in [4.69, 9.17) is 5.11 Å². The van der Waals surface area contributed by atoms with E-state index in [1.807, 2.05) is 6.92 Å². The highest BCUT2D eigenvalue weighted by Crippen LogP contribution is 1.99. The first-order valence-electron chi connectivity index (χ1n) is 4.86. The maximum Gasteiger partial charge on any atom is 0.323 e. The number of hydrogen-bond donors (Lipinski definition) is 3. The Hall–Kier alpha value is -1.56. The number of rotatable bonds is 5. The lowest BCUT2D eigenvalue weighted by atomic mass is 10.3. The van der Waals surface area contributed by atoms with Crippen molar-refractivity contribution in [1.29, 1.82) is 0 Å². The molecule has 15 heavy (non-hydrogen) atoms. The lowest BCUT2D eigenvalue weighted by molar-refractivity contribution is 0.0716. The lowest BCUT2D eigenvalue weighted by Gasteiger charge is -2.19. The van der Waals surface area contributed by atoms with Gasteiger partial charge in [-0.15, -0.1) is 0 Å². The summed E-state index contributed by atoms with van der Waals surface area (Å²) in [6, 6.07) is 0. The number of aromatic nitrogens is 2. The number of aliphatic hydroxyl groups excluding tert-OH is 1. The van der Waals surface area contributed by atoms with Crippen molar-refractivity contribution in [3.8, 4) is 0 Å². The van der Waals surface area contributed by atoms with E-state index in [-0.39, 0.29) is 24.8 Å². The van der Waals surface area contributed by atoms with Gasteiger partial charge in [0.1, 0.15) is 5.69 Å². The highest BCUT2D eigenvalue weighted by atomic mass is 16.3. The second kappa shape index (κ2) is 5.35. The van der Waals surface area contributed by atoms with Gasteiger partial charge in [0.15, 0.2) is 0 Å². The van der Waals surface area contributed by atoms with Crippen molar-refractivity contribution in [2.24, 2.45) is 0 Å². The molecule has 84 valence electrons. The molecule has 0 radical (unpaired) electrons. The highest BCUT2D eigenvalue weighted by molar-refractivity contribution is 5.92. The van der Waals surface area contributed by atoms with Crippen molar-refractivity contribution in [2.45, 2.75) is 13.3 Å². The van der Waals surface area contributed by atoms with E-state index in [1.54, 1.807) is 0 Å². The Kier molecular flexibility index (Phi) is 4.11. The molecule has 1 rings (SSSR count). The van der Waals surface area contributed by atoms with Crippen LogP contribution in [0.1, 0.15) is 23.8 Å². The molecule has 0 aromatic carbocycles. The molecule has 0 aliphatic heterocycles. The van der Waals surface area contributed by atoms with E-state index in [9.17, 15) is 9.59 Å². The van der Waals surface area contributed by atoms with Gasteiger partial charge >= 0.3 is 5.69 Å². The molecule has 0 atom stereocenters. The van der Waals surface area contributed by atoms with E-state index in [0.717, 1.165) is 6.42 Å². The quantitative estimate of drug-likeness (QED) is 0.618. The van der Waals surface area contributed by atoms with Crippen LogP contribution in [0.5, 0.6) is 0 Å². The summed E-state index contributed by atoms with van der Waals surface area (Å²) in [7, 11) is 0. The summed E-state index contributed by atoms with van der Waals surface area (Å²) in [6.07, 6.45) is 2.14. The number of H-pyrrole nitrogens is 2. The number of nitrogens with one attached hydrogen (secondary N) is 2. The first kappa shape index (κ1) is 11.5. The molecule has 1 aromatic rings.